The van der Waals surface area contributed by atoms with Gasteiger partial charge in [0.2, 0.25) is 5.75 Å². The zero-order chi connectivity index (χ0) is 23.1. The van der Waals surface area contributed by atoms with Gasteiger partial charge in [0, 0.05) is 25.0 Å². The van der Waals surface area contributed by atoms with Crippen LogP contribution in [-0.4, -0.2) is 55.9 Å². The molecular weight excluding hydrogens is 408 g/mol. The summed E-state index contributed by atoms with van der Waals surface area (Å²) >= 11 is 0. The van der Waals surface area contributed by atoms with Crippen molar-refractivity contribution in [3.8, 4) is 23.0 Å². The average Bonchev–Trinajstić information content (AvgIpc) is 2.78. The van der Waals surface area contributed by atoms with Crippen LogP contribution in [0.15, 0.2) is 36.4 Å². The minimum absolute atomic E-state index is 0.0174. The van der Waals surface area contributed by atoms with Crippen molar-refractivity contribution in [3.05, 3.63) is 47.5 Å². The summed E-state index contributed by atoms with van der Waals surface area (Å²) in [6, 6.07) is 11.2. The number of nitrogens with zero attached hydrogens (tertiary/aromatic N) is 1. The molecule has 0 spiro atoms. The number of benzene rings is 2. The number of ether oxygens (including phenoxy) is 3. The van der Waals surface area contributed by atoms with Gasteiger partial charge < -0.3 is 24.6 Å². The highest BCUT2D eigenvalue weighted by Crippen LogP contribution is 2.37. The lowest BCUT2D eigenvalue weighted by Gasteiger charge is -2.33. The quantitative estimate of drug-likeness (QED) is 0.614. The predicted octanol–water partition coefficient (Wildman–Crippen LogP) is 3.84. The number of hydrogen-bond donors (Lipinski definition) is 2. The van der Waals surface area contributed by atoms with E-state index in [1.807, 2.05) is 44.2 Å². The molecule has 1 heterocycles. The number of carbonyl (C=O) groups excluding carboxylic acids is 1. The van der Waals surface area contributed by atoms with E-state index in [0.717, 1.165) is 38.0 Å². The zero-order valence-electron chi connectivity index (χ0n) is 19.4. The van der Waals surface area contributed by atoms with Crippen LogP contribution < -0.4 is 19.5 Å². The molecule has 1 aliphatic rings. The van der Waals surface area contributed by atoms with E-state index in [2.05, 4.69) is 10.2 Å². The monoisotopic (exact) mass is 442 g/mol. The van der Waals surface area contributed by atoms with Crippen molar-refractivity contribution in [1.82, 2.24) is 10.2 Å². The maximum atomic E-state index is 12.5. The molecule has 174 valence electrons. The Kier molecular flexibility index (Phi) is 8.22. The van der Waals surface area contributed by atoms with Crippen LogP contribution in [0.5, 0.6) is 23.0 Å². The van der Waals surface area contributed by atoms with Gasteiger partial charge in [0.05, 0.1) is 26.4 Å². The van der Waals surface area contributed by atoms with Crippen molar-refractivity contribution < 1.29 is 24.1 Å². The summed E-state index contributed by atoms with van der Waals surface area (Å²) < 4.78 is 16.7. The lowest BCUT2D eigenvalue weighted by Crippen LogP contribution is -2.37. The second kappa shape index (κ2) is 11.1. The molecule has 0 aromatic heterocycles. The summed E-state index contributed by atoms with van der Waals surface area (Å²) in [6.45, 7) is 7.07. The minimum Gasteiger partial charge on any atom is -0.502 e. The molecule has 1 atom stereocenters. The van der Waals surface area contributed by atoms with Gasteiger partial charge in [0.15, 0.2) is 11.5 Å². The Bertz CT molecular complexity index is 890. The Hall–Kier alpha value is -2.93. The first-order valence-electron chi connectivity index (χ1n) is 11.1. The van der Waals surface area contributed by atoms with Gasteiger partial charge in [0.1, 0.15) is 5.75 Å². The third-order valence-electron chi connectivity index (χ3n) is 5.57. The predicted molar refractivity (Wildman–Crippen MR) is 124 cm³/mol. The van der Waals surface area contributed by atoms with Crippen LogP contribution in [0.3, 0.4) is 0 Å². The van der Waals surface area contributed by atoms with Crippen molar-refractivity contribution in [2.75, 3.05) is 33.9 Å². The fourth-order valence-corrected chi connectivity index (χ4v) is 4.06. The van der Waals surface area contributed by atoms with Crippen molar-refractivity contribution in [2.45, 2.75) is 39.3 Å². The Morgan fingerprint density at radius 1 is 1.16 bits per heavy atom. The van der Waals surface area contributed by atoms with E-state index in [-0.39, 0.29) is 17.7 Å². The van der Waals surface area contributed by atoms with Crippen LogP contribution in [0.4, 0.5) is 0 Å². The Balaban J connectivity index is 1.62. The van der Waals surface area contributed by atoms with Gasteiger partial charge in [-0.2, -0.15) is 0 Å². The van der Waals surface area contributed by atoms with Crippen molar-refractivity contribution in [1.29, 1.82) is 0 Å². The normalized spacial score (nSPS) is 16.6. The molecule has 2 aromatic rings. The molecule has 0 aliphatic carbocycles. The van der Waals surface area contributed by atoms with E-state index >= 15 is 0 Å². The maximum Gasteiger partial charge on any atom is 0.255 e. The number of methoxy groups -OCH3 is 2. The number of para-hydroxylation sites is 1. The molecule has 0 bridgehead atoms. The first-order chi connectivity index (χ1) is 15.4. The number of carbonyl (C=O) groups is 1. The minimum atomic E-state index is -0.115. The van der Waals surface area contributed by atoms with E-state index < -0.39 is 0 Å². The van der Waals surface area contributed by atoms with E-state index in [4.69, 9.17) is 14.2 Å². The van der Waals surface area contributed by atoms with Gasteiger partial charge in [-0.1, -0.05) is 12.1 Å². The number of phenols is 1. The Morgan fingerprint density at radius 2 is 1.84 bits per heavy atom. The molecule has 7 nitrogen and oxygen atoms in total. The van der Waals surface area contributed by atoms with Crippen LogP contribution in [0.2, 0.25) is 0 Å². The molecule has 1 saturated heterocycles. The van der Waals surface area contributed by atoms with Crippen molar-refractivity contribution in [3.63, 3.8) is 0 Å². The molecule has 32 heavy (non-hydrogen) atoms. The molecule has 1 aliphatic heterocycles. The Labute approximate surface area is 190 Å². The maximum absolute atomic E-state index is 12.5. The molecule has 2 aromatic carbocycles. The van der Waals surface area contributed by atoms with Gasteiger partial charge in [-0.3, -0.25) is 9.69 Å². The van der Waals surface area contributed by atoms with E-state index in [1.165, 1.54) is 14.2 Å². The second-order valence-electron chi connectivity index (χ2n) is 8.53. The number of nitrogens with one attached hydrogen (secondary N) is 1. The lowest BCUT2D eigenvalue weighted by molar-refractivity contribution is 0.0932. The smallest absolute Gasteiger partial charge is 0.255 e. The van der Waals surface area contributed by atoms with Crippen molar-refractivity contribution >= 4 is 5.91 Å². The van der Waals surface area contributed by atoms with Crippen LogP contribution in [-0.2, 0) is 6.54 Å². The molecule has 2 N–H and O–H groups in total. The Morgan fingerprint density at radius 3 is 2.50 bits per heavy atom. The molecular formula is C25H34N2O5. The summed E-state index contributed by atoms with van der Waals surface area (Å²) in [7, 11) is 3.07. The number of amides is 1. The van der Waals surface area contributed by atoms with Crippen LogP contribution >= 0.6 is 0 Å². The van der Waals surface area contributed by atoms with Crippen LogP contribution in [0.1, 0.15) is 42.6 Å². The topological polar surface area (TPSA) is 80.3 Å². The first kappa shape index (κ1) is 23.7. The second-order valence-corrected chi connectivity index (χ2v) is 8.53. The number of hydrogen-bond acceptors (Lipinski definition) is 6. The standard InChI is InChI=1S/C25H34N2O5/c1-17(2)26-25(29)20-9-5-6-10-21(20)32-16-18-8-7-11-27(14-18)15-19-12-22(30-3)24(28)23(13-19)31-4/h5-6,9-10,12-13,17-18,28H,7-8,11,14-16H2,1-4H3,(H,26,29). The summed E-state index contributed by atoms with van der Waals surface area (Å²) in [5.41, 5.74) is 1.59. The van der Waals surface area contributed by atoms with Crippen molar-refractivity contribution in [2.24, 2.45) is 5.92 Å². The fraction of sp³-hybridized carbons (Fsp3) is 0.480. The highest BCUT2D eigenvalue weighted by Gasteiger charge is 2.23. The SMILES string of the molecule is COc1cc(CN2CCCC(COc3ccccc3C(=O)NC(C)C)C2)cc(OC)c1O. The molecule has 3 rings (SSSR count). The third kappa shape index (κ3) is 6.07. The summed E-state index contributed by atoms with van der Waals surface area (Å²) in [4.78, 5) is 14.8. The number of phenolic OH excluding ortho intramolecular Hbond substituents is 1. The fourth-order valence-electron chi connectivity index (χ4n) is 4.06. The number of rotatable bonds is 9. The number of likely N-dealkylation sites (tertiary alicyclic amines) is 1. The van der Waals surface area contributed by atoms with Gasteiger partial charge in [-0.05, 0) is 63.1 Å². The highest BCUT2D eigenvalue weighted by molar-refractivity contribution is 5.97. The van der Waals surface area contributed by atoms with E-state index in [1.54, 1.807) is 6.07 Å². The van der Waals surface area contributed by atoms with E-state index in [0.29, 0.717) is 35.3 Å². The van der Waals surface area contributed by atoms with E-state index in [9.17, 15) is 9.90 Å². The molecule has 1 unspecified atom stereocenters. The summed E-state index contributed by atoms with van der Waals surface area (Å²) in [5, 5.41) is 13.1. The molecule has 1 amide bonds. The highest BCUT2D eigenvalue weighted by atomic mass is 16.5. The molecule has 1 fully saturated rings. The average molecular weight is 443 g/mol. The summed E-state index contributed by atoms with van der Waals surface area (Å²) in [6.07, 6.45) is 2.16. The molecule has 0 saturated carbocycles. The van der Waals surface area contributed by atoms with Gasteiger partial charge >= 0.3 is 0 Å². The molecule has 0 radical (unpaired) electrons. The zero-order valence-corrected chi connectivity index (χ0v) is 19.4. The van der Waals surface area contributed by atoms with Gasteiger partial charge in [-0.15, -0.1) is 0 Å². The molecule has 7 heteroatoms. The van der Waals surface area contributed by atoms with Crippen LogP contribution in [0.25, 0.3) is 0 Å². The third-order valence-corrected chi connectivity index (χ3v) is 5.57. The number of piperidine rings is 1. The lowest BCUT2D eigenvalue weighted by atomic mass is 9.98. The van der Waals surface area contributed by atoms with Crippen LogP contribution in [0, 0.1) is 5.92 Å². The summed E-state index contributed by atoms with van der Waals surface area (Å²) in [5.74, 6) is 1.71. The number of aromatic hydroxyl groups is 1. The first-order valence-corrected chi connectivity index (χ1v) is 11.1. The largest absolute Gasteiger partial charge is 0.502 e. The van der Waals surface area contributed by atoms with Gasteiger partial charge in [0.25, 0.3) is 5.91 Å². The van der Waals surface area contributed by atoms with Gasteiger partial charge in [-0.25, -0.2) is 0 Å².